The Balaban J connectivity index is 1.87. The molecule has 3 atom stereocenters. The molecule has 0 amide bonds. The smallest absolute Gasteiger partial charge is 0.319 e. The summed E-state index contributed by atoms with van der Waals surface area (Å²) in [4.78, 5) is 14.3. The number of piperidine rings is 1. The third-order valence-electron chi connectivity index (χ3n) is 4.64. The van der Waals surface area contributed by atoms with Gasteiger partial charge >= 0.3 is 5.97 Å². The average Bonchev–Trinajstić information content (AvgIpc) is 3.25. The van der Waals surface area contributed by atoms with E-state index in [1.165, 1.54) is 18.2 Å². The topological polar surface area (TPSA) is 73.4 Å². The summed E-state index contributed by atoms with van der Waals surface area (Å²) in [5, 5.41) is 9.21. The number of carbonyl (C=O) groups excluding carboxylic acids is 1. The van der Waals surface area contributed by atoms with Gasteiger partial charge in [0.05, 0.1) is 19.4 Å². The van der Waals surface area contributed by atoms with Gasteiger partial charge in [-0.1, -0.05) is 25.6 Å². The minimum Gasteiger partial charge on any atom is -0.467 e. The quantitative estimate of drug-likeness (QED) is 0.528. The SMILES string of the molecule is CCOC(=O)C(C)Sc1nnc(N2CC(C)CC(C)C2)n1Cc1ccco1. The van der Waals surface area contributed by atoms with Gasteiger partial charge in [0.25, 0.3) is 0 Å². The summed E-state index contributed by atoms with van der Waals surface area (Å²) >= 11 is 1.37. The minimum absolute atomic E-state index is 0.239. The van der Waals surface area contributed by atoms with E-state index >= 15 is 0 Å². The summed E-state index contributed by atoms with van der Waals surface area (Å²) in [6.45, 7) is 11.0. The van der Waals surface area contributed by atoms with Gasteiger partial charge in [0.2, 0.25) is 5.95 Å². The fourth-order valence-electron chi connectivity index (χ4n) is 3.59. The molecule has 0 radical (unpaired) electrons. The number of aromatic nitrogens is 3. The number of nitrogens with zero attached hydrogens (tertiary/aromatic N) is 4. The Kier molecular flexibility index (Phi) is 6.46. The summed E-state index contributed by atoms with van der Waals surface area (Å²) in [5.74, 6) is 2.65. The molecule has 8 heteroatoms. The zero-order valence-electron chi connectivity index (χ0n) is 16.4. The highest BCUT2D eigenvalue weighted by Crippen LogP contribution is 2.30. The van der Waals surface area contributed by atoms with Gasteiger partial charge in [-0.3, -0.25) is 9.36 Å². The third kappa shape index (κ3) is 4.86. The summed E-state index contributed by atoms with van der Waals surface area (Å²) in [5.41, 5.74) is 0. The number of ether oxygens (including phenoxy) is 1. The van der Waals surface area contributed by atoms with Gasteiger partial charge in [0.15, 0.2) is 5.16 Å². The number of anilines is 1. The lowest BCUT2D eigenvalue weighted by Gasteiger charge is -2.35. The molecule has 148 valence electrons. The highest BCUT2D eigenvalue weighted by molar-refractivity contribution is 8.00. The van der Waals surface area contributed by atoms with Crippen molar-refractivity contribution in [3.05, 3.63) is 24.2 Å². The van der Waals surface area contributed by atoms with E-state index in [2.05, 4.69) is 28.9 Å². The number of hydrogen-bond acceptors (Lipinski definition) is 7. The van der Waals surface area contributed by atoms with Crippen LogP contribution in [-0.2, 0) is 16.1 Å². The van der Waals surface area contributed by atoms with Gasteiger partial charge in [0.1, 0.15) is 11.0 Å². The molecule has 0 N–H and O–H groups in total. The maximum Gasteiger partial charge on any atom is 0.319 e. The number of esters is 1. The number of thioether (sulfide) groups is 1. The van der Waals surface area contributed by atoms with Crippen molar-refractivity contribution in [2.24, 2.45) is 11.8 Å². The molecule has 3 heterocycles. The van der Waals surface area contributed by atoms with E-state index in [1.54, 1.807) is 6.26 Å². The zero-order chi connectivity index (χ0) is 19.4. The molecule has 3 unspecified atom stereocenters. The summed E-state index contributed by atoms with van der Waals surface area (Å²) in [7, 11) is 0. The lowest BCUT2D eigenvalue weighted by Crippen LogP contribution is -2.40. The van der Waals surface area contributed by atoms with Crippen LogP contribution < -0.4 is 4.90 Å². The van der Waals surface area contributed by atoms with Crippen molar-refractivity contribution in [1.29, 1.82) is 0 Å². The van der Waals surface area contributed by atoms with Crippen LogP contribution in [0, 0.1) is 11.8 Å². The molecule has 0 saturated carbocycles. The molecule has 7 nitrogen and oxygen atoms in total. The fraction of sp³-hybridized carbons (Fsp3) is 0.632. The summed E-state index contributed by atoms with van der Waals surface area (Å²) in [6, 6.07) is 3.81. The van der Waals surface area contributed by atoms with Crippen molar-refractivity contribution in [1.82, 2.24) is 14.8 Å². The van der Waals surface area contributed by atoms with E-state index in [0.29, 0.717) is 30.1 Å². The first kappa shape index (κ1) is 19.8. The number of rotatable bonds is 7. The Morgan fingerprint density at radius 2 is 2.11 bits per heavy atom. The van der Waals surface area contributed by atoms with Gasteiger partial charge in [0, 0.05) is 13.1 Å². The predicted molar refractivity (Wildman–Crippen MR) is 105 cm³/mol. The standard InChI is InChI=1S/C19H28N4O3S/c1-5-25-17(24)15(4)27-19-21-20-18(22-10-13(2)9-14(3)11-22)23(19)12-16-7-6-8-26-16/h6-8,13-15H,5,9-12H2,1-4H3. The van der Waals surface area contributed by atoms with E-state index in [0.717, 1.165) is 24.8 Å². The normalized spacial score (nSPS) is 21.3. The molecule has 0 spiro atoms. The number of furan rings is 1. The van der Waals surface area contributed by atoms with E-state index in [1.807, 2.05) is 30.5 Å². The number of hydrogen-bond donors (Lipinski definition) is 0. The number of carbonyl (C=O) groups is 1. The van der Waals surface area contributed by atoms with Crippen molar-refractivity contribution in [2.75, 3.05) is 24.6 Å². The Labute approximate surface area is 164 Å². The Hall–Kier alpha value is -1.96. The maximum atomic E-state index is 12.0. The first-order valence-electron chi connectivity index (χ1n) is 9.51. The monoisotopic (exact) mass is 392 g/mol. The fourth-order valence-corrected chi connectivity index (χ4v) is 4.43. The average molecular weight is 393 g/mol. The van der Waals surface area contributed by atoms with Crippen LogP contribution in [0.5, 0.6) is 0 Å². The van der Waals surface area contributed by atoms with Gasteiger partial charge in [-0.15, -0.1) is 10.2 Å². The molecule has 27 heavy (non-hydrogen) atoms. The van der Waals surface area contributed by atoms with Crippen molar-refractivity contribution in [3.8, 4) is 0 Å². The molecule has 0 aliphatic carbocycles. The predicted octanol–water partition coefficient (Wildman–Crippen LogP) is 3.45. The highest BCUT2D eigenvalue weighted by Gasteiger charge is 2.28. The van der Waals surface area contributed by atoms with Crippen LogP contribution in [0.4, 0.5) is 5.95 Å². The highest BCUT2D eigenvalue weighted by atomic mass is 32.2. The first-order valence-corrected chi connectivity index (χ1v) is 10.4. The summed E-state index contributed by atoms with van der Waals surface area (Å²) in [6.07, 6.45) is 2.89. The van der Waals surface area contributed by atoms with Crippen molar-refractivity contribution >= 4 is 23.7 Å². The molecule has 3 rings (SSSR count). The molecule has 1 aliphatic rings. The minimum atomic E-state index is -0.350. The molecule has 2 aromatic heterocycles. The van der Waals surface area contributed by atoms with Crippen LogP contribution in [-0.4, -0.2) is 45.7 Å². The second-order valence-electron chi connectivity index (χ2n) is 7.31. The molecule has 1 saturated heterocycles. The van der Waals surface area contributed by atoms with Crippen LogP contribution in [0.1, 0.15) is 39.9 Å². The van der Waals surface area contributed by atoms with Crippen LogP contribution in [0.2, 0.25) is 0 Å². The van der Waals surface area contributed by atoms with Crippen molar-refractivity contribution in [2.45, 2.75) is 51.1 Å². The second kappa shape index (κ2) is 8.82. The van der Waals surface area contributed by atoms with Crippen LogP contribution >= 0.6 is 11.8 Å². The molecule has 1 aliphatic heterocycles. The van der Waals surface area contributed by atoms with Gasteiger partial charge in [-0.25, -0.2) is 0 Å². The molecule has 1 fully saturated rings. The first-order chi connectivity index (χ1) is 13.0. The van der Waals surface area contributed by atoms with Crippen LogP contribution in [0.15, 0.2) is 28.0 Å². The van der Waals surface area contributed by atoms with Crippen LogP contribution in [0.3, 0.4) is 0 Å². The lowest BCUT2D eigenvalue weighted by molar-refractivity contribution is -0.142. The van der Waals surface area contributed by atoms with E-state index in [-0.39, 0.29) is 11.2 Å². The van der Waals surface area contributed by atoms with E-state index in [9.17, 15) is 4.79 Å². The molecular formula is C19H28N4O3S. The van der Waals surface area contributed by atoms with Crippen LogP contribution in [0.25, 0.3) is 0 Å². The largest absolute Gasteiger partial charge is 0.467 e. The lowest BCUT2D eigenvalue weighted by atomic mass is 9.92. The molecule has 0 aromatic carbocycles. The van der Waals surface area contributed by atoms with Crippen molar-refractivity contribution < 1.29 is 13.9 Å². The second-order valence-corrected chi connectivity index (χ2v) is 8.62. The van der Waals surface area contributed by atoms with Gasteiger partial charge in [-0.2, -0.15) is 0 Å². The molecule has 0 bridgehead atoms. The summed E-state index contributed by atoms with van der Waals surface area (Å²) < 4.78 is 12.7. The van der Waals surface area contributed by atoms with Crippen molar-refractivity contribution in [3.63, 3.8) is 0 Å². The maximum absolute atomic E-state index is 12.0. The van der Waals surface area contributed by atoms with E-state index < -0.39 is 0 Å². The molecule has 2 aromatic rings. The Bertz CT molecular complexity index is 736. The van der Waals surface area contributed by atoms with Gasteiger partial charge in [-0.05, 0) is 44.2 Å². The van der Waals surface area contributed by atoms with Gasteiger partial charge < -0.3 is 14.1 Å². The van der Waals surface area contributed by atoms with E-state index in [4.69, 9.17) is 9.15 Å². The third-order valence-corrected chi connectivity index (χ3v) is 5.70. The Morgan fingerprint density at radius 1 is 1.37 bits per heavy atom. The molecular weight excluding hydrogens is 364 g/mol. The zero-order valence-corrected chi connectivity index (χ0v) is 17.2. The Morgan fingerprint density at radius 3 is 2.74 bits per heavy atom.